The smallest absolute Gasteiger partial charge is 0.408 e. The first-order valence-electron chi connectivity index (χ1n) is 18.7. The number of hydrogen-bond donors (Lipinski definition) is 3. The Morgan fingerprint density at radius 3 is 2.53 bits per heavy atom. The first kappa shape index (κ1) is 40.0. The number of carbonyl (C=O) groups is 4. The van der Waals surface area contributed by atoms with Gasteiger partial charge in [0.05, 0.1) is 18.9 Å². The zero-order valence-electron chi connectivity index (χ0n) is 32.6. The van der Waals surface area contributed by atoms with E-state index in [1.165, 1.54) is 4.90 Å². The molecule has 1 aromatic carbocycles. The van der Waals surface area contributed by atoms with Gasteiger partial charge < -0.3 is 39.5 Å². The molecule has 4 aliphatic rings. The number of carbonyl (C=O) groups excluding carboxylic acids is 4. The number of sulfonamides is 1. The van der Waals surface area contributed by atoms with Crippen LogP contribution in [-0.4, -0.2) is 129 Å². The van der Waals surface area contributed by atoms with Crippen LogP contribution in [0.5, 0.6) is 11.6 Å². The van der Waals surface area contributed by atoms with Crippen LogP contribution in [0.4, 0.5) is 10.6 Å². The Labute approximate surface area is 322 Å². The van der Waals surface area contributed by atoms with Gasteiger partial charge >= 0.3 is 6.09 Å². The summed E-state index contributed by atoms with van der Waals surface area (Å²) in [5, 5.41) is 6.48. The number of methoxy groups -OCH3 is 1. The van der Waals surface area contributed by atoms with Gasteiger partial charge in [-0.15, -0.1) is 0 Å². The second-order valence-corrected chi connectivity index (χ2v) is 18.2. The van der Waals surface area contributed by atoms with Gasteiger partial charge in [0.1, 0.15) is 40.9 Å². The molecule has 0 radical (unpaired) electrons. The van der Waals surface area contributed by atoms with Crippen LogP contribution in [0.2, 0.25) is 0 Å². The van der Waals surface area contributed by atoms with E-state index in [1.54, 1.807) is 33.9 Å². The molecule has 2 aliphatic heterocycles. The van der Waals surface area contributed by atoms with Crippen LogP contribution in [0.25, 0.3) is 10.8 Å². The third-order valence-corrected chi connectivity index (χ3v) is 12.1. The summed E-state index contributed by atoms with van der Waals surface area (Å²) < 4.78 is 45.5. The highest BCUT2D eigenvalue weighted by Gasteiger charge is 2.62. The highest BCUT2D eigenvalue weighted by molar-refractivity contribution is 7.91. The molecular formula is C38H53N7O9S. The zero-order valence-corrected chi connectivity index (χ0v) is 33.4. The molecule has 3 heterocycles. The van der Waals surface area contributed by atoms with Gasteiger partial charge in [0, 0.05) is 38.4 Å². The van der Waals surface area contributed by atoms with Crippen molar-refractivity contribution in [3.05, 3.63) is 36.4 Å². The third kappa shape index (κ3) is 9.26. The number of pyridine rings is 1. The molecule has 6 rings (SSSR count). The lowest BCUT2D eigenvalue weighted by Gasteiger charge is -2.32. The summed E-state index contributed by atoms with van der Waals surface area (Å²) in [4.78, 5) is 65.9. The number of nitrogens with one attached hydrogen (secondary N) is 3. The molecule has 0 spiro atoms. The normalized spacial score (nSPS) is 27.1. The number of alkyl carbamates (subject to hydrolysis) is 1. The molecule has 3 fully saturated rings. The number of allylic oxidation sites excluding steroid dienone is 1. The second kappa shape index (κ2) is 15.5. The van der Waals surface area contributed by atoms with E-state index >= 15 is 0 Å². The molecule has 5 atom stereocenters. The summed E-state index contributed by atoms with van der Waals surface area (Å²) in [6.07, 6.45) is 4.76. The van der Waals surface area contributed by atoms with E-state index in [2.05, 4.69) is 15.4 Å². The summed E-state index contributed by atoms with van der Waals surface area (Å²) in [5.41, 5.74) is -2.35. The SMILES string of the molecule is COc1ccc2c(OC3C[C@H]4C(=O)N[C@]5(C(=O)NS(=O)(=O)C6CC6)CC5/C=C\CCCN(C)C[C@H](NC(=O)OC(C)(C)C)C(=O)N4C3)nc(N(C)C)cc2c1. The van der Waals surface area contributed by atoms with E-state index in [0.29, 0.717) is 55.1 Å². The lowest BCUT2D eigenvalue weighted by Crippen LogP contribution is -2.59. The monoisotopic (exact) mass is 783 g/mol. The lowest BCUT2D eigenvalue weighted by molar-refractivity contribution is -0.141. The standard InChI is InChI=1S/C38H53N7O9S/c1-37(2,3)54-36(49)39-29-22-44(6)16-10-8-9-11-24-20-38(24,35(48)42-55(50,51)27-13-14-27)41-32(46)30-19-26(21-45(30)34(29)47)53-33-28-15-12-25(52-7)17-23(28)18-31(40-33)43(4)5/h9,11-12,15,17-18,24,26-27,29-30H,8,10,13-14,16,19-22H2,1-7H3,(H,39,49)(H,41,46)(H,42,48)/b11-9-/t24?,26?,29-,30-,38+/m0/s1. The molecule has 2 aromatic rings. The van der Waals surface area contributed by atoms with E-state index in [-0.39, 0.29) is 25.9 Å². The summed E-state index contributed by atoms with van der Waals surface area (Å²) >= 11 is 0. The zero-order chi connectivity index (χ0) is 39.9. The number of ether oxygens (including phenoxy) is 3. The van der Waals surface area contributed by atoms with Gasteiger partial charge in [0.2, 0.25) is 27.7 Å². The highest BCUT2D eigenvalue weighted by Crippen LogP contribution is 2.46. The summed E-state index contributed by atoms with van der Waals surface area (Å²) in [6.45, 7) is 5.83. The van der Waals surface area contributed by atoms with Crippen molar-refractivity contribution < 1.29 is 41.8 Å². The Bertz CT molecular complexity index is 1960. The fraction of sp³-hybridized carbons (Fsp3) is 0.605. The van der Waals surface area contributed by atoms with E-state index < -0.39 is 74.3 Å². The minimum absolute atomic E-state index is 0.0245. The molecule has 4 amide bonds. The van der Waals surface area contributed by atoms with E-state index in [9.17, 15) is 27.6 Å². The molecule has 55 heavy (non-hydrogen) atoms. The van der Waals surface area contributed by atoms with Crippen molar-refractivity contribution in [3.63, 3.8) is 0 Å². The quantitative estimate of drug-likeness (QED) is 0.332. The number of amides is 4. The molecule has 3 N–H and O–H groups in total. The Morgan fingerprint density at radius 2 is 1.85 bits per heavy atom. The molecule has 17 heteroatoms. The fourth-order valence-electron chi connectivity index (χ4n) is 7.11. The number of rotatable bonds is 8. The van der Waals surface area contributed by atoms with Crippen LogP contribution in [0.15, 0.2) is 36.4 Å². The van der Waals surface area contributed by atoms with Crippen LogP contribution < -0.4 is 29.7 Å². The highest BCUT2D eigenvalue weighted by atomic mass is 32.2. The van der Waals surface area contributed by atoms with Crippen LogP contribution in [-0.2, 0) is 29.1 Å². The van der Waals surface area contributed by atoms with Gasteiger partial charge in [-0.1, -0.05) is 12.2 Å². The first-order valence-corrected chi connectivity index (χ1v) is 20.3. The van der Waals surface area contributed by atoms with Crippen molar-refractivity contribution in [2.75, 3.05) is 52.8 Å². The van der Waals surface area contributed by atoms with Crippen LogP contribution in [0.1, 0.15) is 59.3 Å². The topological polar surface area (TPSA) is 189 Å². The molecule has 0 bridgehead atoms. The maximum Gasteiger partial charge on any atom is 0.408 e. The van der Waals surface area contributed by atoms with Crippen molar-refractivity contribution in [1.82, 2.24) is 30.1 Å². The number of likely N-dealkylation sites (N-methyl/N-ethyl adjacent to an activating group) is 1. The van der Waals surface area contributed by atoms with Crippen molar-refractivity contribution in [2.24, 2.45) is 5.92 Å². The summed E-state index contributed by atoms with van der Waals surface area (Å²) in [7, 11) is 3.22. The second-order valence-electron chi connectivity index (χ2n) is 16.2. The Hall–Kier alpha value is -4.64. The maximum absolute atomic E-state index is 14.6. The van der Waals surface area contributed by atoms with Gasteiger partial charge in [-0.25, -0.2) is 13.2 Å². The van der Waals surface area contributed by atoms with Gasteiger partial charge in [-0.2, -0.15) is 4.98 Å². The average Bonchev–Trinajstić information content (AvgIpc) is 4.03. The van der Waals surface area contributed by atoms with E-state index in [1.807, 2.05) is 61.3 Å². The van der Waals surface area contributed by atoms with Gasteiger partial charge in [0.25, 0.3) is 5.91 Å². The Balaban J connectivity index is 1.35. The predicted molar refractivity (Wildman–Crippen MR) is 205 cm³/mol. The Kier molecular flexibility index (Phi) is 11.3. The van der Waals surface area contributed by atoms with Gasteiger partial charge in [-0.3, -0.25) is 19.1 Å². The van der Waals surface area contributed by atoms with Crippen molar-refractivity contribution in [3.8, 4) is 11.6 Å². The van der Waals surface area contributed by atoms with Crippen LogP contribution >= 0.6 is 0 Å². The largest absolute Gasteiger partial charge is 0.497 e. The summed E-state index contributed by atoms with van der Waals surface area (Å²) in [5.74, 6) is -0.875. The first-order chi connectivity index (χ1) is 25.9. The number of benzene rings is 1. The minimum atomic E-state index is -3.91. The van der Waals surface area contributed by atoms with Crippen molar-refractivity contribution in [1.29, 1.82) is 0 Å². The molecule has 2 saturated carbocycles. The maximum atomic E-state index is 14.6. The van der Waals surface area contributed by atoms with E-state index in [4.69, 9.17) is 19.2 Å². The molecule has 1 saturated heterocycles. The number of anilines is 1. The van der Waals surface area contributed by atoms with E-state index in [0.717, 1.165) is 5.39 Å². The minimum Gasteiger partial charge on any atom is -0.497 e. The number of nitrogens with zero attached hydrogens (tertiary/aromatic N) is 4. The summed E-state index contributed by atoms with van der Waals surface area (Å²) in [6, 6.07) is 5.14. The lowest BCUT2D eigenvalue weighted by atomic mass is 10.1. The Morgan fingerprint density at radius 1 is 1.11 bits per heavy atom. The molecule has 16 nitrogen and oxygen atoms in total. The van der Waals surface area contributed by atoms with Gasteiger partial charge in [0.15, 0.2) is 0 Å². The van der Waals surface area contributed by atoms with Crippen molar-refractivity contribution in [2.45, 2.75) is 93.9 Å². The molecule has 1 aromatic heterocycles. The third-order valence-electron chi connectivity index (χ3n) is 10.3. The van der Waals surface area contributed by atoms with Gasteiger partial charge in [-0.05, 0) is 96.1 Å². The predicted octanol–water partition coefficient (Wildman–Crippen LogP) is 2.32. The number of fused-ring (bicyclic) bond motifs is 3. The number of aromatic nitrogens is 1. The average molecular weight is 784 g/mol. The van der Waals surface area contributed by atoms with Crippen molar-refractivity contribution >= 4 is 50.4 Å². The van der Waals surface area contributed by atoms with Crippen LogP contribution in [0, 0.1) is 5.92 Å². The molecule has 2 aliphatic carbocycles. The molecule has 300 valence electrons. The van der Waals surface area contributed by atoms with Crippen LogP contribution in [0.3, 0.4) is 0 Å². The number of hydrogen-bond acceptors (Lipinski definition) is 12. The fourth-order valence-corrected chi connectivity index (χ4v) is 8.48. The molecule has 2 unspecified atom stereocenters. The molecular weight excluding hydrogens is 731 g/mol.